The minimum Gasteiger partial charge on any atom is -0.404 e. The molecule has 1 aliphatic heterocycles. The molecule has 0 spiro atoms. The monoisotopic (exact) mass is 668 g/mol. The molecule has 45 heavy (non-hydrogen) atoms. The van der Waals surface area contributed by atoms with E-state index in [-0.39, 0.29) is 19.0 Å². The summed E-state index contributed by atoms with van der Waals surface area (Å²) in [7, 11) is -2.98. The molecule has 1 fully saturated rings. The van der Waals surface area contributed by atoms with Crippen LogP contribution in [0.5, 0.6) is 5.75 Å². The van der Waals surface area contributed by atoms with Crippen molar-refractivity contribution in [3.63, 3.8) is 0 Å². The van der Waals surface area contributed by atoms with Gasteiger partial charge in [-0.05, 0) is 18.6 Å². The van der Waals surface area contributed by atoms with Crippen molar-refractivity contribution < 1.29 is 56.4 Å². The fourth-order valence-electron chi connectivity index (χ4n) is 4.98. The summed E-state index contributed by atoms with van der Waals surface area (Å²) in [6.07, 6.45) is 7.74. The number of aliphatic hydroxyl groups excluding tert-OH is 2. The zero-order valence-corrected chi connectivity index (χ0v) is 27.8. The highest BCUT2D eigenvalue weighted by molar-refractivity contribution is 7.48. The molecule has 1 aliphatic rings. The fraction of sp³-hybridized carbons (Fsp3) is 0.812. The third-order valence-corrected chi connectivity index (χ3v) is 9.20. The van der Waals surface area contributed by atoms with Crippen molar-refractivity contribution in [3.8, 4) is 5.75 Å². The molecule has 262 valence electrons. The minimum atomic E-state index is -4.43. The number of phosphoric acid groups is 1. The first kappa shape index (κ1) is 40.0. The molecule has 0 aromatic heterocycles. The quantitative estimate of drug-likeness (QED) is 0.0680. The number of phosphoric ester groups is 1. The molecule has 1 aromatic carbocycles. The first-order valence-electron chi connectivity index (χ1n) is 16.4. The van der Waals surface area contributed by atoms with Crippen LogP contribution in [-0.4, -0.2) is 85.5 Å². The summed E-state index contributed by atoms with van der Waals surface area (Å²) in [6, 6.07) is 7.99. The Balaban J connectivity index is 1.68. The van der Waals surface area contributed by atoms with Crippen LogP contribution in [0.3, 0.4) is 0 Å². The molecule has 0 aliphatic carbocycles. The minimum absolute atomic E-state index is 0.140. The van der Waals surface area contributed by atoms with Gasteiger partial charge < -0.3 is 34.1 Å². The predicted molar refractivity (Wildman–Crippen MR) is 166 cm³/mol. The number of alkyl halides is 2. The molecule has 0 saturated carbocycles. The lowest BCUT2D eigenvalue weighted by atomic mass is 10.0. The standard InChI is InChI=1S/C32H55F2O10P/c1-3-4-5-6-7-8-9-10-11-12-13-14-15-19-22-40-23-27(39-2)24-41-45(38,44-26-20-17-16-18-21-26)42-25-28-29(35)30(36)32(37,43-28)31(33)34/h16-18,20-21,27-31,35-37H,3-15,19,22-25H2,1-2H3/t27?,28-,29-,30+,32-,45?/m1/s1. The van der Waals surface area contributed by atoms with Crippen LogP contribution in [-0.2, 0) is 27.8 Å². The van der Waals surface area contributed by atoms with Crippen LogP contribution in [0.25, 0.3) is 0 Å². The largest absolute Gasteiger partial charge is 0.530 e. The average Bonchev–Trinajstić information content (AvgIpc) is 3.26. The smallest absolute Gasteiger partial charge is 0.404 e. The molecule has 0 radical (unpaired) electrons. The molecule has 1 saturated heterocycles. The maximum atomic E-state index is 13.5. The highest BCUT2D eigenvalue weighted by Gasteiger charge is 2.59. The number of hydrogen-bond acceptors (Lipinski definition) is 10. The van der Waals surface area contributed by atoms with E-state index in [0.717, 1.165) is 12.8 Å². The number of aliphatic hydroxyl groups is 3. The van der Waals surface area contributed by atoms with E-state index in [9.17, 15) is 28.7 Å². The number of para-hydroxylation sites is 1. The first-order chi connectivity index (χ1) is 21.6. The van der Waals surface area contributed by atoms with E-state index in [1.165, 1.54) is 96.3 Å². The predicted octanol–water partition coefficient (Wildman–Crippen LogP) is 6.79. The molecule has 13 heteroatoms. The molecule has 2 rings (SSSR count). The van der Waals surface area contributed by atoms with Crippen molar-refractivity contribution in [1.29, 1.82) is 0 Å². The Labute approximate surface area is 267 Å². The number of halogens is 2. The fourth-order valence-corrected chi connectivity index (χ4v) is 6.22. The third-order valence-electron chi connectivity index (χ3n) is 7.84. The van der Waals surface area contributed by atoms with E-state index in [4.69, 9.17) is 27.8 Å². The van der Waals surface area contributed by atoms with E-state index >= 15 is 0 Å². The van der Waals surface area contributed by atoms with Gasteiger partial charge in [0.25, 0.3) is 12.2 Å². The van der Waals surface area contributed by atoms with Crippen LogP contribution in [0.2, 0.25) is 0 Å². The molecular formula is C32H55F2O10P. The SMILES string of the molecule is CCCCCCCCCCCCCCCCOCC(COP(=O)(OC[C@H]1O[C@@](O)(C(F)F)[C@@H](O)[C@@H]1O)Oc1ccccc1)OC. The molecule has 1 heterocycles. The van der Waals surface area contributed by atoms with Crippen molar-refractivity contribution in [2.24, 2.45) is 0 Å². The second-order valence-corrected chi connectivity index (χ2v) is 13.2. The van der Waals surface area contributed by atoms with Crippen LogP contribution in [0.1, 0.15) is 96.8 Å². The molecule has 3 N–H and O–H groups in total. The number of rotatable bonds is 27. The van der Waals surface area contributed by atoms with Gasteiger partial charge in [-0.15, -0.1) is 0 Å². The summed E-state index contributed by atoms with van der Waals surface area (Å²) >= 11 is 0. The van der Waals surface area contributed by atoms with Crippen LogP contribution in [0, 0.1) is 0 Å². The van der Waals surface area contributed by atoms with E-state index in [1.807, 2.05) is 0 Å². The Bertz CT molecular complexity index is 930. The Morgan fingerprint density at radius 2 is 1.42 bits per heavy atom. The van der Waals surface area contributed by atoms with Gasteiger partial charge in [0.15, 0.2) is 0 Å². The second kappa shape index (κ2) is 22.4. The topological polar surface area (TPSA) is 133 Å². The van der Waals surface area contributed by atoms with Gasteiger partial charge >= 0.3 is 7.82 Å². The number of benzene rings is 1. The van der Waals surface area contributed by atoms with Crippen molar-refractivity contribution in [3.05, 3.63) is 30.3 Å². The van der Waals surface area contributed by atoms with Gasteiger partial charge in [0, 0.05) is 13.7 Å². The van der Waals surface area contributed by atoms with Gasteiger partial charge in [0.2, 0.25) is 0 Å². The number of hydrogen-bond donors (Lipinski definition) is 3. The number of unbranched alkanes of at least 4 members (excludes halogenated alkanes) is 13. The lowest BCUT2D eigenvalue weighted by Gasteiger charge is -2.25. The van der Waals surface area contributed by atoms with Gasteiger partial charge in [-0.25, -0.2) is 13.3 Å². The Hall–Kier alpha value is -1.21. The van der Waals surface area contributed by atoms with Crippen LogP contribution < -0.4 is 4.52 Å². The zero-order chi connectivity index (χ0) is 33.0. The maximum absolute atomic E-state index is 13.5. The zero-order valence-electron chi connectivity index (χ0n) is 26.9. The molecular weight excluding hydrogens is 613 g/mol. The number of methoxy groups -OCH3 is 1. The Morgan fingerprint density at radius 3 is 1.93 bits per heavy atom. The Morgan fingerprint density at radius 1 is 0.867 bits per heavy atom. The van der Waals surface area contributed by atoms with Gasteiger partial charge in [0.1, 0.15) is 30.2 Å². The molecule has 1 aromatic rings. The van der Waals surface area contributed by atoms with Gasteiger partial charge in [-0.2, -0.15) is 0 Å². The first-order valence-corrected chi connectivity index (χ1v) is 17.9. The van der Waals surface area contributed by atoms with Gasteiger partial charge in [-0.3, -0.25) is 9.05 Å². The van der Waals surface area contributed by atoms with Crippen LogP contribution in [0.4, 0.5) is 8.78 Å². The van der Waals surface area contributed by atoms with Crippen LogP contribution >= 0.6 is 7.82 Å². The van der Waals surface area contributed by atoms with Crippen molar-refractivity contribution in [2.75, 3.05) is 33.5 Å². The van der Waals surface area contributed by atoms with E-state index in [2.05, 4.69) is 6.92 Å². The normalized spacial score (nSPS) is 23.8. The highest BCUT2D eigenvalue weighted by Crippen LogP contribution is 2.50. The van der Waals surface area contributed by atoms with E-state index in [0.29, 0.717) is 6.61 Å². The average molecular weight is 669 g/mol. The molecule has 0 bridgehead atoms. The van der Waals surface area contributed by atoms with Gasteiger partial charge in [-0.1, -0.05) is 109 Å². The number of ether oxygens (including phenoxy) is 3. The summed E-state index contributed by atoms with van der Waals surface area (Å²) in [6.45, 7) is 1.91. The van der Waals surface area contributed by atoms with E-state index in [1.54, 1.807) is 18.2 Å². The molecule has 6 atom stereocenters. The summed E-state index contributed by atoms with van der Waals surface area (Å²) in [5.41, 5.74) is 0. The maximum Gasteiger partial charge on any atom is 0.530 e. The van der Waals surface area contributed by atoms with Crippen molar-refractivity contribution >= 4 is 7.82 Å². The third kappa shape index (κ3) is 15.0. The van der Waals surface area contributed by atoms with Crippen molar-refractivity contribution in [1.82, 2.24) is 0 Å². The summed E-state index contributed by atoms with van der Waals surface area (Å²) in [5.74, 6) is -3.16. The highest BCUT2D eigenvalue weighted by atomic mass is 31.2. The summed E-state index contributed by atoms with van der Waals surface area (Å²) in [4.78, 5) is 0. The van der Waals surface area contributed by atoms with E-state index < -0.39 is 51.1 Å². The van der Waals surface area contributed by atoms with Gasteiger partial charge in [0.05, 0.1) is 19.8 Å². The molecule has 0 amide bonds. The van der Waals surface area contributed by atoms with Crippen molar-refractivity contribution in [2.45, 2.75) is 133 Å². The lowest BCUT2D eigenvalue weighted by molar-refractivity contribution is -0.288. The molecule has 2 unspecified atom stereocenters. The summed E-state index contributed by atoms with van der Waals surface area (Å²) < 4.78 is 72.1. The van der Waals surface area contributed by atoms with Crippen LogP contribution in [0.15, 0.2) is 30.3 Å². The molecule has 10 nitrogen and oxygen atoms in total. The Kier molecular flexibility index (Phi) is 19.9. The lowest BCUT2D eigenvalue weighted by Crippen LogP contribution is -2.48. The second-order valence-electron chi connectivity index (χ2n) is 11.6. The summed E-state index contributed by atoms with van der Waals surface area (Å²) in [5, 5.41) is 29.8.